The number of aryl methyl sites for hydroxylation is 1. The third kappa shape index (κ3) is 4.94. The number of anilines is 1. The zero-order chi connectivity index (χ0) is 23.7. The molecular weight excluding hydrogens is 452 g/mol. The van der Waals surface area contributed by atoms with Crippen molar-refractivity contribution in [3.05, 3.63) is 65.7 Å². The molecule has 32 heavy (non-hydrogen) atoms. The SMILES string of the molecule is Cc1cc(-c2cc(F)c(C#N)cn2)cc(N(C)S(=O)(=O)c2ccnc(OC(F)(F)F)c2)c1. The molecule has 7 nitrogen and oxygen atoms in total. The van der Waals surface area contributed by atoms with Crippen LogP contribution in [0.15, 0.2) is 53.7 Å². The first kappa shape index (κ1) is 23.0. The number of hydrogen-bond acceptors (Lipinski definition) is 6. The van der Waals surface area contributed by atoms with E-state index in [1.54, 1.807) is 19.1 Å². The Labute approximate surface area is 180 Å². The Hall–Kier alpha value is -3.72. The molecule has 0 aliphatic heterocycles. The number of benzene rings is 1. The van der Waals surface area contributed by atoms with Crippen molar-refractivity contribution in [3.8, 4) is 23.2 Å². The normalized spacial score (nSPS) is 11.7. The second kappa shape index (κ2) is 8.43. The summed E-state index contributed by atoms with van der Waals surface area (Å²) in [5, 5.41) is 8.84. The number of nitrogens with zero attached hydrogens (tertiary/aromatic N) is 4. The molecule has 0 aliphatic rings. The van der Waals surface area contributed by atoms with Gasteiger partial charge in [-0.1, -0.05) is 0 Å². The number of ether oxygens (including phenoxy) is 1. The van der Waals surface area contributed by atoms with E-state index in [0.717, 1.165) is 28.8 Å². The van der Waals surface area contributed by atoms with Crippen molar-refractivity contribution in [1.29, 1.82) is 5.26 Å². The number of aromatic nitrogens is 2. The molecule has 3 aromatic rings. The van der Waals surface area contributed by atoms with E-state index < -0.39 is 33.0 Å². The minimum atomic E-state index is -5.03. The first-order chi connectivity index (χ1) is 14.9. The highest BCUT2D eigenvalue weighted by Crippen LogP contribution is 2.30. The second-order valence-corrected chi connectivity index (χ2v) is 8.54. The van der Waals surface area contributed by atoms with Crippen molar-refractivity contribution in [2.75, 3.05) is 11.4 Å². The van der Waals surface area contributed by atoms with Crippen LogP contribution in [0.3, 0.4) is 0 Å². The number of halogens is 4. The van der Waals surface area contributed by atoms with E-state index in [2.05, 4.69) is 14.7 Å². The van der Waals surface area contributed by atoms with Gasteiger partial charge in [-0.15, -0.1) is 13.2 Å². The molecule has 3 rings (SSSR count). The molecule has 0 amide bonds. The molecule has 0 atom stereocenters. The van der Waals surface area contributed by atoms with Gasteiger partial charge in [0.1, 0.15) is 17.4 Å². The molecule has 0 radical (unpaired) electrons. The summed E-state index contributed by atoms with van der Waals surface area (Å²) in [5.74, 6) is -1.70. The largest absolute Gasteiger partial charge is 0.574 e. The van der Waals surface area contributed by atoms with Crippen LogP contribution in [-0.2, 0) is 10.0 Å². The number of rotatable bonds is 5. The zero-order valence-corrected chi connectivity index (χ0v) is 17.4. The lowest BCUT2D eigenvalue weighted by Gasteiger charge is -2.21. The predicted octanol–water partition coefficient (Wildman–Crippen LogP) is 4.19. The summed E-state index contributed by atoms with van der Waals surface area (Å²) in [6.45, 7) is 1.68. The second-order valence-electron chi connectivity index (χ2n) is 6.57. The van der Waals surface area contributed by atoms with Crippen LogP contribution in [-0.4, -0.2) is 31.8 Å². The zero-order valence-electron chi connectivity index (χ0n) is 16.6. The summed E-state index contributed by atoms with van der Waals surface area (Å²) < 4.78 is 81.9. The van der Waals surface area contributed by atoms with Crippen LogP contribution in [0.4, 0.5) is 23.2 Å². The molecule has 2 aromatic heterocycles. The van der Waals surface area contributed by atoms with Crippen LogP contribution in [0.5, 0.6) is 5.88 Å². The lowest BCUT2D eigenvalue weighted by molar-refractivity contribution is -0.276. The fourth-order valence-electron chi connectivity index (χ4n) is 2.79. The Kier molecular flexibility index (Phi) is 6.05. The van der Waals surface area contributed by atoms with E-state index in [1.807, 2.05) is 0 Å². The highest BCUT2D eigenvalue weighted by molar-refractivity contribution is 7.92. The fraction of sp³-hybridized carbons (Fsp3) is 0.150. The van der Waals surface area contributed by atoms with Crippen LogP contribution in [0.25, 0.3) is 11.3 Å². The number of sulfonamides is 1. The van der Waals surface area contributed by atoms with E-state index in [1.165, 1.54) is 19.2 Å². The quantitative estimate of drug-likeness (QED) is 0.524. The van der Waals surface area contributed by atoms with E-state index >= 15 is 0 Å². The monoisotopic (exact) mass is 466 g/mol. The maximum absolute atomic E-state index is 14.0. The molecule has 0 unspecified atom stereocenters. The number of alkyl halides is 3. The van der Waals surface area contributed by atoms with Gasteiger partial charge in [0.05, 0.1) is 16.3 Å². The minimum Gasteiger partial charge on any atom is -0.388 e. The van der Waals surface area contributed by atoms with E-state index in [4.69, 9.17) is 5.26 Å². The lowest BCUT2D eigenvalue weighted by Crippen LogP contribution is -2.27. The first-order valence-electron chi connectivity index (χ1n) is 8.79. The number of hydrogen-bond donors (Lipinski definition) is 0. The summed E-state index contributed by atoms with van der Waals surface area (Å²) in [6.07, 6.45) is -3.09. The van der Waals surface area contributed by atoms with Gasteiger partial charge in [-0.2, -0.15) is 5.26 Å². The number of pyridine rings is 2. The lowest BCUT2D eigenvalue weighted by atomic mass is 10.1. The van der Waals surface area contributed by atoms with Crippen molar-refractivity contribution < 1.29 is 30.7 Å². The van der Waals surface area contributed by atoms with Gasteiger partial charge in [0.2, 0.25) is 5.88 Å². The van der Waals surface area contributed by atoms with Crippen LogP contribution in [0.2, 0.25) is 0 Å². The van der Waals surface area contributed by atoms with Crippen molar-refractivity contribution in [3.63, 3.8) is 0 Å². The van der Waals surface area contributed by atoms with Gasteiger partial charge in [0.25, 0.3) is 10.0 Å². The van der Waals surface area contributed by atoms with Gasteiger partial charge < -0.3 is 4.74 Å². The molecule has 0 aliphatic carbocycles. The molecule has 1 aromatic carbocycles. The topological polar surface area (TPSA) is 96.2 Å². The summed E-state index contributed by atoms with van der Waals surface area (Å²) in [7, 11) is -3.08. The fourth-order valence-corrected chi connectivity index (χ4v) is 3.97. The van der Waals surface area contributed by atoms with Gasteiger partial charge in [-0.3, -0.25) is 9.29 Å². The van der Waals surface area contributed by atoms with Crippen LogP contribution < -0.4 is 9.04 Å². The summed E-state index contributed by atoms with van der Waals surface area (Å²) in [4.78, 5) is 6.92. The van der Waals surface area contributed by atoms with Crippen molar-refractivity contribution in [2.24, 2.45) is 0 Å². The van der Waals surface area contributed by atoms with Gasteiger partial charge in [-0.25, -0.2) is 17.8 Å². The molecule has 0 saturated heterocycles. The molecule has 0 bridgehead atoms. The van der Waals surface area contributed by atoms with Crippen LogP contribution in [0.1, 0.15) is 11.1 Å². The van der Waals surface area contributed by atoms with Crippen LogP contribution >= 0.6 is 0 Å². The summed E-state index contributed by atoms with van der Waals surface area (Å²) in [6, 6.07) is 8.99. The Morgan fingerprint density at radius 2 is 1.84 bits per heavy atom. The Balaban J connectivity index is 2.01. The standard InChI is InChI=1S/C20H14F4N4O3S/c1-12-5-13(18-9-17(21)14(10-25)11-27-18)7-15(6-12)28(2)32(29,30)16-3-4-26-19(8-16)31-20(22,23)24/h3-9,11H,1-2H3. The molecule has 0 saturated carbocycles. The Morgan fingerprint density at radius 1 is 1.12 bits per heavy atom. The molecule has 166 valence electrons. The van der Waals surface area contributed by atoms with E-state index in [0.29, 0.717) is 17.2 Å². The van der Waals surface area contributed by atoms with E-state index in [9.17, 15) is 26.0 Å². The summed E-state index contributed by atoms with van der Waals surface area (Å²) >= 11 is 0. The summed E-state index contributed by atoms with van der Waals surface area (Å²) in [5.41, 5.74) is 1.07. The highest BCUT2D eigenvalue weighted by atomic mass is 32.2. The molecule has 12 heteroatoms. The molecule has 0 N–H and O–H groups in total. The van der Waals surface area contributed by atoms with Crippen molar-refractivity contribution in [2.45, 2.75) is 18.2 Å². The molecular formula is C20H14F4N4O3S. The number of nitriles is 1. The smallest absolute Gasteiger partial charge is 0.388 e. The van der Waals surface area contributed by atoms with Crippen molar-refractivity contribution >= 4 is 15.7 Å². The molecule has 0 spiro atoms. The Morgan fingerprint density at radius 3 is 2.47 bits per heavy atom. The first-order valence-corrected chi connectivity index (χ1v) is 10.2. The Bertz CT molecular complexity index is 1320. The third-order valence-electron chi connectivity index (χ3n) is 4.28. The minimum absolute atomic E-state index is 0.154. The van der Waals surface area contributed by atoms with Crippen molar-refractivity contribution in [1.82, 2.24) is 9.97 Å². The van der Waals surface area contributed by atoms with Crippen LogP contribution in [0, 0.1) is 24.1 Å². The van der Waals surface area contributed by atoms with E-state index in [-0.39, 0.29) is 16.9 Å². The molecule has 2 heterocycles. The highest BCUT2D eigenvalue weighted by Gasteiger charge is 2.32. The maximum Gasteiger partial charge on any atom is 0.574 e. The maximum atomic E-state index is 14.0. The van der Waals surface area contributed by atoms with Gasteiger partial charge in [0, 0.05) is 37.1 Å². The average Bonchev–Trinajstić information content (AvgIpc) is 2.71. The molecule has 0 fully saturated rings. The predicted molar refractivity (Wildman–Crippen MR) is 106 cm³/mol. The van der Waals surface area contributed by atoms with Gasteiger partial charge in [-0.05, 0) is 36.8 Å². The van der Waals surface area contributed by atoms with Gasteiger partial charge >= 0.3 is 6.36 Å². The average molecular weight is 466 g/mol. The van der Waals surface area contributed by atoms with Gasteiger partial charge in [0.15, 0.2) is 0 Å². The third-order valence-corrected chi connectivity index (χ3v) is 6.06.